The number of nitrogens with one attached hydrogen (secondary N) is 2. The lowest BCUT2D eigenvalue weighted by Gasteiger charge is -2.31. The van der Waals surface area contributed by atoms with Gasteiger partial charge < -0.3 is 15.4 Å². The molecule has 0 bridgehead atoms. The summed E-state index contributed by atoms with van der Waals surface area (Å²) in [5, 5.41) is 6.47. The van der Waals surface area contributed by atoms with Crippen molar-refractivity contribution >= 4 is 34.9 Å². The first-order chi connectivity index (χ1) is 13.0. The molecule has 0 aliphatic carbocycles. The number of amides is 2. The Balaban J connectivity index is 1.51. The van der Waals surface area contributed by atoms with Crippen molar-refractivity contribution in [1.29, 1.82) is 0 Å². The summed E-state index contributed by atoms with van der Waals surface area (Å²) in [6.45, 7) is 6.08. The fourth-order valence-corrected chi connectivity index (χ4v) is 3.36. The predicted octanol–water partition coefficient (Wildman–Crippen LogP) is 4.54. The van der Waals surface area contributed by atoms with E-state index in [1.54, 1.807) is 18.2 Å². The Bertz CT molecular complexity index is 801. The lowest BCUT2D eigenvalue weighted by Crippen LogP contribution is -2.40. The number of hydrogen-bond acceptors (Lipinski definition) is 3. The second-order valence-electron chi connectivity index (χ2n) is 6.67. The first-order valence-corrected chi connectivity index (χ1v) is 9.67. The lowest BCUT2D eigenvalue weighted by molar-refractivity contribution is -0.0212. The second-order valence-corrected chi connectivity index (χ2v) is 7.49. The summed E-state index contributed by atoms with van der Waals surface area (Å²) < 4.78 is 5.59. The molecule has 144 valence electrons. The molecule has 7 heteroatoms. The number of nitrogens with zero attached hydrogens (tertiary/aromatic N) is 1. The van der Waals surface area contributed by atoms with Gasteiger partial charge in [-0.1, -0.05) is 47.5 Å². The van der Waals surface area contributed by atoms with Crippen molar-refractivity contribution in [1.82, 2.24) is 10.2 Å². The van der Waals surface area contributed by atoms with E-state index in [0.29, 0.717) is 22.3 Å². The quantitative estimate of drug-likeness (QED) is 0.764. The van der Waals surface area contributed by atoms with E-state index in [4.69, 9.17) is 27.9 Å². The van der Waals surface area contributed by atoms with Gasteiger partial charge in [0, 0.05) is 31.9 Å². The van der Waals surface area contributed by atoms with E-state index < -0.39 is 0 Å². The standard InChI is InChI=1S/C20H23Cl2N3O2/c1-14-12-25(7-8-27-14)13-16-4-2-3-15(9-16)11-23-20(26)24-17-5-6-18(21)19(22)10-17/h2-6,9-10,14H,7-8,11-13H2,1H3,(H2,23,24,26). The molecule has 1 aliphatic heterocycles. The van der Waals surface area contributed by atoms with Crippen LogP contribution < -0.4 is 10.6 Å². The molecular weight excluding hydrogens is 385 g/mol. The van der Waals surface area contributed by atoms with E-state index >= 15 is 0 Å². The second kappa shape index (κ2) is 9.42. The summed E-state index contributed by atoms with van der Waals surface area (Å²) in [4.78, 5) is 14.5. The molecule has 0 aromatic heterocycles. The van der Waals surface area contributed by atoms with Gasteiger partial charge in [-0.05, 0) is 36.2 Å². The summed E-state index contributed by atoms with van der Waals surface area (Å²) in [7, 11) is 0. The third kappa shape index (κ3) is 6.11. The maximum atomic E-state index is 12.1. The first kappa shape index (κ1) is 20.0. The summed E-state index contributed by atoms with van der Waals surface area (Å²) in [6.07, 6.45) is 0.272. The van der Waals surface area contributed by atoms with Crippen molar-refractivity contribution in [2.75, 3.05) is 25.0 Å². The van der Waals surface area contributed by atoms with Gasteiger partial charge in [0.1, 0.15) is 0 Å². The zero-order chi connectivity index (χ0) is 19.2. The van der Waals surface area contributed by atoms with Crippen molar-refractivity contribution in [3.8, 4) is 0 Å². The Hall–Kier alpha value is -1.79. The molecule has 1 heterocycles. The van der Waals surface area contributed by atoms with Gasteiger partial charge in [0.05, 0.1) is 22.8 Å². The molecule has 1 fully saturated rings. The van der Waals surface area contributed by atoms with Crippen molar-refractivity contribution in [2.24, 2.45) is 0 Å². The molecule has 2 N–H and O–H groups in total. The Morgan fingerprint density at radius 1 is 1.19 bits per heavy atom. The fraction of sp³-hybridized carbons (Fsp3) is 0.350. The molecule has 3 rings (SSSR count). The minimum absolute atomic E-state index is 0.272. The van der Waals surface area contributed by atoms with Gasteiger partial charge in [0.2, 0.25) is 0 Å². The number of ether oxygens (including phenoxy) is 1. The van der Waals surface area contributed by atoms with E-state index in [1.165, 1.54) is 5.56 Å². The van der Waals surface area contributed by atoms with Crippen LogP contribution >= 0.6 is 23.2 Å². The number of benzene rings is 2. The molecule has 1 saturated heterocycles. The fourth-order valence-electron chi connectivity index (χ4n) is 3.06. The van der Waals surface area contributed by atoms with Crippen molar-refractivity contribution in [3.05, 3.63) is 63.6 Å². The molecule has 1 atom stereocenters. The molecule has 0 radical (unpaired) electrons. The maximum Gasteiger partial charge on any atom is 0.319 e. The third-order valence-corrected chi connectivity index (χ3v) is 5.09. The largest absolute Gasteiger partial charge is 0.376 e. The van der Waals surface area contributed by atoms with Crippen molar-refractivity contribution < 1.29 is 9.53 Å². The highest BCUT2D eigenvalue weighted by Crippen LogP contribution is 2.24. The minimum Gasteiger partial charge on any atom is -0.376 e. The van der Waals surface area contributed by atoms with Gasteiger partial charge in [-0.15, -0.1) is 0 Å². The predicted molar refractivity (Wildman–Crippen MR) is 109 cm³/mol. The molecule has 2 aromatic rings. The molecule has 27 heavy (non-hydrogen) atoms. The summed E-state index contributed by atoms with van der Waals surface area (Å²) >= 11 is 11.8. The van der Waals surface area contributed by atoms with Gasteiger partial charge in [0.15, 0.2) is 0 Å². The molecule has 0 saturated carbocycles. The van der Waals surface area contributed by atoms with Crippen LogP contribution in [0.1, 0.15) is 18.1 Å². The first-order valence-electron chi connectivity index (χ1n) is 8.91. The van der Waals surface area contributed by atoms with Gasteiger partial charge in [0.25, 0.3) is 0 Å². The molecular formula is C20H23Cl2N3O2. The molecule has 1 aliphatic rings. The van der Waals surface area contributed by atoms with E-state index in [1.807, 2.05) is 12.1 Å². The van der Waals surface area contributed by atoms with E-state index in [-0.39, 0.29) is 12.1 Å². The van der Waals surface area contributed by atoms with Gasteiger partial charge in [-0.2, -0.15) is 0 Å². The number of hydrogen-bond donors (Lipinski definition) is 2. The average Bonchev–Trinajstić information content (AvgIpc) is 2.63. The van der Waals surface area contributed by atoms with Crippen LogP contribution in [0.2, 0.25) is 10.0 Å². The zero-order valence-electron chi connectivity index (χ0n) is 15.2. The smallest absolute Gasteiger partial charge is 0.319 e. The number of anilines is 1. The topological polar surface area (TPSA) is 53.6 Å². The highest BCUT2D eigenvalue weighted by atomic mass is 35.5. The van der Waals surface area contributed by atoms with E-state index in [2.05, 4.69) is 34.6 Å². The Morgan fingerprint density at radius 2 is 2.00 bits per heavy atom. The zero-order valence-corrected chi connectivity index (χ0v) is 16.7. The Kier molecular flexibility index (Phi) is 6.96. The highest BCUT2D eigenvalue weighted by molar-refractivity contribution is 6.42. The number of carbonyl (C=O) groups excluding carboxylic acids is 1. The van der Waals surface area contributed by atoms with Crippen LogP contribution in [0.25, 0.3) is 0 Å². The normalized spacial score (nSPS) is 17.5. The van der Waals surface area contributed by atoms with Crippen LogP contribution in [0, 0.1) is 0 Å². The molecule has 2 amide bonds. The van der Waals surface area contributed by atoms with Crippen molar-refractivity contribution in [2.45, 2.75) is 26.1 Å². The lowest BCUT2D eigenvalue weighted by atomic mass is 10.1. The number of rotatable bonds is 5. The average molecular weight is 408 g/mol. The van der Waals surface area contributed by atoms with Crippen LogP contribution in [-0.2, 0) is 17.8 Å². The van der Waals surface area contributed by atoms with E-state index in [9.17, 15) is 4.79 Å². The molecule has 5 nitrogen and oxygen atoms in total. The van der Waals surface area contributed by atoms with E-state index in [0.717, 1.165) is 31.8 Å². The van der Waals surface area contributed by atoms with Crippen LogP contribution in [0.15, 0.2) is 42.5 Å². The van der Waals surface area contributed by atoms with Crippen LogP contribution in [0.4, 0.5) is 10.5 Å². The molecule has 2 aromatic carbocycles. The monoisotopic (exact) mass is 407 g/mol. The van der Waals surface area contributed by atoms with Crippen LogP contribution in [-0.4, -0.2) is 36.7 Å². The SMILES string of the molecule is CC1CN(Cc2cccc(CNC(=O)Nc3ccc(Cl)c(Cl)c3)c2)CCO1. The Labute approximate surface area is 169 Å². The van der Waals surface area contributed by atoms with Gasteiger partial charge in [-0.25, -0.2) is 4.79 Å². The summed E-state index contributed by atoms with van der Waals surface area (Å²) in [5.41, 5.74) is 2.88. The van der Waals surface area contributed by atoms with Gasteiger partial charge >= 0.3 is 6.03 Å². The highest BCUT2D eigenvalue weighted by Gasteiger charge is 2.16. The Morgan fingerprint density at radius 3 is 2.78 bits per heavy atom. The number of halogens is 2. The third-order valence-electron chi connectivity index (χ3n) is 4.35. The summed E-state index contributed by atoms with van der Waals surface area (Å²) in [5.74, 6) is 0. The van der Waals surface area contributed by atoms with Crippen molar-refractivity contribution in [3.63, 3.8) is 0 Å². The van der Waals surface area contributed by atoms with Crippen LogP contribution in [0.3, 0.4) is 0 Å². The van der Waals surface area contributed by atoms with Crippen LogP contribution in [0.5, 0.6) is 0 Å². The molecule has 1 unspecified atom stereocenters. The summed E-state index contributed by atoms with van der Waals surface area (Å²) in [6, 6.07) is 12.9. The number of morpholine rings is 1. The molecule has 0 spiro atoms. The van der Waals surface area contributed by atoms with Gasteiger partial charge in [-0.3, -0.25) is 4.90 Å². The number of urea groups is 1. The number of carbonyl (C=O) groups is 1. The minimum atomic E-state index is -0.291. The maximum absolute atomic E-state index is 12.1.